The first-order chi connectivity index (χ1) is 14.8. The van der Waals surface area contributed by atoms with Gasteiger partial charge in [-0.25, -0.2) is 0 Å². The molecular weight excluding hydrogens is 388 g/mol. The summed E-state index contributed by atoms with van der Waals surface area (Å²) >= 11 is 1.74. The van der Waals surface area contributed by atoms with Crippen LogP contribution in [-0.4, -0.2) is 53.2 Å². The zero-order valence-electron chi connectivity index (χ0n) is 17.2. The van der Waals surface area contributed by atoms with Crippen LogP contribution < -0.4 is 0 Å². The van der Waals surface area contributed by atoms with Crippen molar-refractivity contribution in [3.8, 4) is 22.3 Å². The Morgan fingerprint density at radius 1 is 0.900 bits per heavy atom. The van der Waals surface area contributed by atoms with Crippen LogP contribution in [-0.2, 0) is 0 Å². The van der Waals surface area contributed by atoms with Gasteiger partial charge in [-0.15, -0.1) is 0 Å². The zero-order valence-corrected chi connectivity index (χ0v) is 18.0. The van der Waals surface area contributed by atoms with E-state index in [4.69, 9.17) is 0 Å². The number of hydrogen-bond acceptors (Lipinski definition) is 4. The van der Waals surface area contributed by atoms with Crippen molar-refractivity contribution in [3.05, 3.63) is 88.9 Å². The molecule has 1 fully saturated rings. The van der Waals surface area contributed by atoms with Crippen molar-refractivity contribution in [3.63, 3.8) is 0 Å². The maximum atomic E-state index is 4.26. The van der Waals surface area contributed by atoms with E-state index >= 15 is 0 Å². The summed E-state index contributed by atoms with van der Waals surface area (Å²) in [6.07, 6.45) is 4.01. The molecule has 1 aliphatic heterocycles. The van der Waals surface area contributed by atoms with E-state index in [1.165, 1.54) is 33.4 Å². The largest absolute Gasteiger partial charge is 0.304 e. The van der Waals surface area contributed by atoms with Gasteiger partial charge in [-0.05, 0) is 57.8 Å². The minimum atomic E-state index is 0.205. The Morgan fingerprint density at radius 3 is 2.43 bits per heavy atom. The maximum Gasteiger partial charge on any atom is 0.0633 e. The van der Waals surface area contributed by atoms with E-state index in [9.17, 15) is 0 Å². The summed E-state index contributed by atoms with van der Waals surface area (Å²) in [7, 11) is 2.20. The normalized spacial score (nSPS) is 16.6. The van der Waals surface area contributed by atoms with Crippen molar-refractivity contribution in [2.75, 3.05) is 33.2 Å². The first-order valence-electron chi connectivity index (χ1n) is 10.4. The lowest BCUT2D eigenvalue weighted by molar-refractivity contribution is 0.127. The highest BCUT2D eigenvalue weighted by atomic mass is 32.1. The number of nitrogens with one attached hydrogen (secondary N) is 1. The van der Waals surface area contributed by atoms with E-state index in [2.05, 4.69) is 92.4 Å². The monoisotopic (exact) mass is 414 g/mol. The molecule has 0 spiro atoms. The molecule has 1 atom stereocenters. The Kier molecular flexibility index (Phi) is 5.49. The predicted molar refractivity (Wildman–Crippen MR) is 125 cm³/mol. The van der Waals surface area contributed by atoms with E-state index in [0.29, 0.717) is 0 Å². The van der Waals surface area contributed by atoms with Crippen molar-refractivity contribution < 1.29 is 0 Å². The van der Waals surface area contributed by atoms with Gasteiger partial charge in [0.25, 0.3) is 0 Å². The van der Waals surface area contributed by atoms with E-state index in [1.807, 2.05) is 12.4 Å². The summed E-state index contributed by atoms with van der Waals surface area (Å²) in [5.74, 6) is 0. The van der Waals surface area contributed by atoms with Crippen LogP contribution in [0.5, 0.6) is 0 Å². The molecule has 1 N–H and O–H groups in total. The number of likely N-dealkylation sites (N-methyl/N-ethyl adjacent to an activating group) is 1. The molecule has 0 bridgehead atoms. The molecule has 0 radical (unpaired) electrons. The average Bonchev–Trinajstić information content (AvgIpc) is 3.51. The zero-order chi connectivity index (χ0) is 20.3. The van der Waals surface area contributed by atoms with Crippen molar-refractivity contribution in [1.29, 1.82) is 0 Å². The summed E-state index contributed by atoms with van der Waals surface area (Å²) in [5.41, 5.74) is 7.65. The smallest absolute Gasteiger partial charge is 0.0633 e. The van der Waals surface area contributed by atoms with Crippen LogP contribution in [0.1, 0.15) is 17.2 Å². The standard InChI is InChI=1S/C25H26N4S/c1-28-10-12-29(13-11-28)25(22-16-26-27-17-22)20-7-8-23(21-9-14-30-18-21)24(15-20)19-5-3-2-4-6-19/h2-9,14-18,25H,10-13H2,1H3,(H,26,27). The Bertz CT molecular complexity index is 1070. The second kappa shape index (κ2) is 8.56. The lowest BCUT2D eigenvalue weighted by Crippen LogP contribution is -2.46. The molecule has 3 heterocycles. The fraction of sp³-hybridized carbons (Fsp3) is 0.240. The summed E-state index contributed by atoms with van der Waals surface area (Å²) in [6, 6.07) is 20.1. The molecule has 0 amide bonds. The first-order valence-corrected chi connectivity index (χ1v) is 11.4. The van der Waals surface area contributed by atoms with E-state index in [1.54, 1.807) is 11.3 Å². The SMILES string of the molecule is CN1CCN(C(c2cn[nH]c2)c2ccc(-c3ccsc3)c(-c3ccccc3)c2)CC1. The Balaban J connectivity index is 1.62. The predicted octanol–water partition coefficient (Wildman–Crippen LogP) is 5.14. The third kappa shape index (κ3) is 3.84. The van der Waals surface area contributed by atoms with Crippen molar-refractivity contribution in [2.45, 2.75) is 6.04 Å². The van der Waals surface area contributed by atoms with Gasteiger partial charge in [0.1, 0.15) is 0 Å². The first kappa shape index (κ1) is 19.2. The van der Waals surface area contributed by atoms with Crippen molar-refractivity contribution >= 4 is 11.3 Å². The summed E-state index contributed by atoms with van der Waals surface area (Å²) in [6.45, 7) is 4.29. The fourth-order valence-corrected chi connectivity index (χ4v) is 5.02. The molecule has 2 aromatic heterocycles. The number of benzene rings is 2. The lowest BCUT2D eigenvalue weighted by Gasteiger charge is -2.38. The molecule has 0 aliphatic carbocycles. The number of rotatable bonds is 5. The third-order valence-corrected chi connectivity index (χ3v) is 6.70. The highest BCUT2D eigenvalue weighted by molar-refractivity contribution is 7.08. The molecule has 5 rings (SSSR count). The van der Waals surface area contributed by atoms with Crippen LogP contribution >= 0.6 is 11.3 Å². The van der Waals surface area contributed by atoms with Gasteiger partial charge in [0.15, 0.2) is 0 Å². The van der Waals surface area contributed by atoms with Crippen molar-refractivity contribution in [1.82, 2.24) is 20.0 Å². The Morgan fingerprint density at radius 2 is 1.73 bits per heavy atom. The van der Waals surface area contributed by atoms with Crippen LogP contribution in [0.3, 0.4) is 0 Å². The van der Waals surface area contributed by atoms with Crippen LogP contribution in [0.2, 0.25) is 0 Å². The lowest BCUT2D eigenvalue weighted by atomic mass is 9.90. The van der Waals surface area contributed by atoms with Gasteiger partial charge in [0.05, 0.1) is 12.2 Å². The summed E-state index contributed by atoms with van der Waals surface area (Å²) < 4.78 is 0. The molecule has 152 valence electrons. The maximum absolute atomic E-state index is 4.26. The molecule has 1 unspecified atom stereocenters. The molecule has 1 aliphatic rings. The number of piperazine rings is 1. The van der Waals surface area contributed by atoms with Gasteiger partial charge in [0.2, 0.25) is 0 Å². The molecule has 4 nitrogen and oxygen atoms in total. The van der Waals surface area contributed by atoms with Gasteiger partial charge in [0, 0.05) is 37.9 Å². The molecule has 5 heteroatoms. The van der Waals surface area contributed by atoms with Crippen LogP contribution in [0.25, 0.3) is 22.3 Å². The number of thiophene rings is 1. The number of aromatic amines is 1. The third-order valence-electron chi connectivity index (χ3n) is 6.01. The minimum Gasteiger partial charge on any atom is -0.304 e. The van der Waals surface area contributed by atoms with Crippen LogP contribution in [0.4, 0.5) is 0 Å². The Hall–Kier alpha value is -2.73. The Labute approximate surface area is 181 Å². The molecule has 2 aromatic carbocycles. The minimum absolute atomic E-state index is 0.205. The number of hydrogen-bond donors (Lipinski definition) is 1. The van der Waals surface area contributed by atoms with Gasteiger partial charge in [-0.1, -0.05) is 42.5 Å². The summed E-state index contributed by atoms with van der Waals surface area (Å²) in [4.78, 5) is 4.98. The molecule has 4 aromatic rings. The van der Waals surface area contributed by atoms with Crippen LogP contribution in [0, 0.1) is 0 Å². The topological polar surface area (TPSA) is 35.2 Å². The van der Waals surface area contributed by atoms with Gasteiger partial charge in [-0.2, -0.15) is 16.4 Å². The number of H-pyrrole nitrogens is 1. The second-order valence-corrected chi connectivity index (χ2v) is 8.74. The number of nitrogens with zero attached hydrogens (tertiary/aromatic N) is 3. The molecule has 30 heavy (non-hydrogen) atoms. The number of aromatic nitrogens is 2. The van der Waals surface area contributed by atoms with Gasteiger partial charge < -0.3 is 4.90 Å². The molecular formula is C25H26N4S. The van der Waals surface area contributed by atoms with E-state index in [-0.39, 0.29) is 6.04 Å². The van der Waals surface area contributed by atoms with Crippen LogP contribution in [0.15, 0.2) is 77.8 Å². The highest BCUT2D eigenvalue weighted by Gasteiger charge is 2.27. The summed E-state index contributed by atoms with van der Waals surface area (Å²) in [5, 5.41) is 11.7. The average molecular weight is 415 g/mol. The quantitative estimate of drug-likeness (QED) is 0.491. The van der Waals surface area contributed by atoms with E-state index < -0.39 is 0 Å². The van der Waals surface area contributed by atoms with Crippen molar-refractivity contribution in [2.24, 2.45) is 0 Å². The fourth-order valence-electron chi connectivity index (χ4n) is 4.36. The molecule has 0 saturated carbocycles. The van der Waals surface area contributed by atoms with E-state index in [0.717, 1.165) is 26.2 Å². The molecule has 1 saturated heterocycles. The highest BCUT2D eigenvalue weighted by Crippen LogP contribution is 2.38. The second-order valence-electron chi connectivity index (χ2n) is 7.96. The van der Waals surface area contributed by atoms with Gasteiger partial charge in [-0.3, -0.25) is 10.00 Å². The van der Waals surface area contributed by atoms with Gasteiger partial charge >= 0.3 is 0 Å².